The molecule has 1 N–H and O–H groups in total. The molecule has 1 aliphatic heterocycles. The number of aromatic nitrogens is 2. The van der Waals surface area contributed by atoms with Gasteiger partial charge in [0.25, 0.3) is 5.91 Å². The van der Waals surface area contributed by atoms with Crippen LogP contribution in [0.2, 0.25) is 5.02 Å². The largest absolute Gasteiger partial charge is 0.465 e. The first-order valence-electron chi connectivity index (χ1n) is 8.35. The maximum atomic E-state index is 12.7. The number of carbonyl (C=O) groups excluding carboxylic acids is 2. The molecule has 9 heteroatoms. The monoisotopic (exact) mass is 390 g/mol. The van der Waals surface area contributed by atoms with Crippen LogP contribution >= 0.6 is 11.6 Å². The van der Waals surface area contributed by atoms with Gasteiger partial charge < -0.3 is 19.7 Å². The number of methoxy groups -OCH3 is 1. The van der Waals surface area contributed by atoms with Crippen molar-refractivity contribution in [3.63, 3.8) is 0 Å². The molecule has 0 aliphatic carbocycles. The first-order chi connectivity index (χ1) is 13.0. The Morgan fingerprint density at radius 3 is 2.67 bits per heavy atom. The molecule has 27 heavy (non-hydrogen) atoms. The van der Waals surface area contributed by atoms with Crippen molar-refractivity contribution in [2.75, 3.05) is 43.6 Å². The van der Waals surface area contributed by atoms with Crippen molar-refractivity contribution in [3.8, 4) is 0 Å². The Labute approximate surface area is 161 Å². The van der Waals surface area contributed by atoms with Crippen molar-refractivity contribution in [3.05, 3.63) is 46.2 Å². The van der Waals surface area contributed by atoms with Gasteiger partial charge in [-0.25, -0.2) is 14.8 Å². The molecule has 0 radical (unpaired) electrons. The number of aryl methyl sites for hydroxylation is 1. The second-order valence-corrected chi connectivity index (χ2v) is 6.34. The van der Waals surface area contributed by atoms with Crippen LogP contribution in [0.4, 0.5) is 11.6 Å². The topological polar surface area (TPSA) is 93.6 Å². The minimum atomic E-state index is -0.519. The van der Waals surface area contributed by atoms with Crippen LogP contribution in [0.15, 0.2) is 24.3 Å². The van der Waals surface area contributed by atoms with Crippen LogP contribution in [0.5, 0.6) is 0 Å². The molecular weight excluding hydrogens is 372 g/mol. The van der Waals surface area contributed by atoms with E-state index in [1.54, 1.807) is 13.0 Å². The minimum absolute atomic E-state index is 0.212. The summed E-state index contributed by atoms with van der Waals surface area (Å²) in [5.41, 5.74) is 1.47. The van der Waals surface area contributed by atoms with Gasteiger partial charge in [-0.3, -0.25) is 4.79 Å². The Morgan fingerprint density at radius 2 is 1.96 bits per heavy atom. The van der Waals surface area contributed by atoms with E-state index < -0.39 is 11.9 Å². The lowest BCUT2D eigenvalue weighted by Gasteiger charge is -2.27. The van der Waals surface area contributed by atoms with Gasteiger partial charge in [0.2, 0.25) is 5.95 Å². The quantitative estimate of drug-likeness (QED) is 0.800. The number of esters is 1. The van der Waals surface area contributed by atoms with E-state index >= 15 is 0 Å². The smallest absolute Gasteiger partial charge is 0.337 e. The predicted molar refractivity (Wildman–Crippen MR) is 101 cm³/mol. The summed E-state index contributed by atoms with van der Waals surface area (Å²) < 4.78 is 10.0. The number of morpholine rings is 1. The van der Waals surface area contributed by atoms with Gasteiger partial charge in [-0.05, 0) is 31.2 Å². The molecule has 3 rings (SSSR count). The van der Waals surface area contributed by atoms with Crippen LogP contribution in [0, 0.1) is 6.92 Å². The molecule has 0 unspecified atom stereocenters. The molecule has 142 valence electrons. The average Bonchev–Trinajstić information content (AvgIpc) is 2.69. The number of carbonyl (C=O) groups is 2. The van der Waals surface area contributed by atoms with Crippen LogP contribution < -0.4 is 10.2 Å². The number of halogens is 1. The van der Waals surface area contributed by atoms with Gasteiger partial charge in [-0.1, -0.05) is 11.6 Å². The zero-order chi connectivity index (χ0) is 19.4. The van der Waals surface area contributed by atoms with E-state index in [9.17, 15) is 9.59 Å². The minimum Gasteiger partial charge on any atom is -0.465 e. The number of benzene rings is 1. The van der Waals surface area contributed by atoms with Crippen molar-refractivity contribution in [1.29, 1.82) is 0 Å². The van der Waals surface area contributed by atoms with E-state index in [4.69, 9.17) is 16.3 Å². The van der Waals surface area contributed by atoms with E-state index in [-0.39, 0.29) is 11.3 Å². The molecule has 1 fully saturated rings. The Balaban J connectivity index is 1.84. The summed E-state index contributed by atoms with van der Waals surface area (Å²) in [6, 6.07) is 6.10. The Kier molecular flexibility index (Phi) is 5.88. The summed E-state index contributed by atoms with van der Waals surface area (Å²) >= 11 is 6.14. The zero-order valence-corrected chi connectivity index (χ0v) is 15.7. The fraction of sp³-hybridized carbons (Fsp3) is 0.333. The number of hydrogen-bond donors (Lipinski definition) is 1. The van der Waals surface area contributed by atoms with Crippen LogP contribution in [-0.2, 0) is 9.47 Å². The van der Waals surface area contributed by atoms with E-state index in [1.807, 2.05) is 4.90 Å². The molecule has 0 atom stereocenters. The summed E-state index contributed by atoms with van der Waals surface area (Å²) in [7, 11) is 1.28. The maximum Gasteiger partial charge on any atom is 0.337 e. The summed E-state index contributed by atoms with van der Waals surface area (Å²) in [4.78, 5) is 35.1. The SMILES string of the molecule is COC(=O)c1ccc(Cl)c(NC(=O)c2cc(C)nc(N3CCOCC3)n2)c1. The Bertz CT molecular complexity index is 868. The van der Waals surface area contributed by atoms with Crippen molar-refractivity contribution in [1.82, 2.24) is 9.97 Å². The van der Waals surface area contributed by atoms with E-state index in [0.717, 1.165) is 0 Å². The highest BCUT2D eigenvalue weighted by Gasteiger charge is 2.18. The molecule has 1 aromatic carbocycles. The van der Waals surface area contributed by atoms with Crippen molar-refractivity contribution in [2.24, 2.45) is 0 Å². The number of ether oxygens (including phenoxy) is 2. The van der Waals surface area contributed by atoms with Crippen molar-refractivity contribution >= 4 is 35.1 Å². The van der Waals surface area contributed by atoms with Crippen LogP contribution in [0.1, 0.15) is 26.5 Å². The number of hydrogen-bond acceptors (Lipinski definition) is 7. The summed E-state index contributed by atoms with van der Waals surface area (Å²) in [6.07, 6.45) is 0. The summed E-state index contributed by atoms with van der Waals surface area (Å²) in [5.74, 6) is -0.480. The van der Waals surface area contributed by atoms with Crippen LogP contribution in [0.25, 0.3) is 0 Å². The number of rotatable bonds is 4. The molecule has 8 nitrogen and oxygen atoms in total. The highest BCUT2D eigenvalue weighted by atomic mass is 35.5. The first-order valence-corrected chi connectivity index (χ1v) is 8.73. The molecule has 0 spiro atoms. The number of nitrogens with zero attached hydrogens (tertiary/aromatic N) is 3. The Morgan fingerprint density at radius 1 is 1.22 bits per heavy atom. The molecule has 2 aromatic rings. The average molecular weight is 391 g/mol. The normalized spacial score (nSPS) is 14.0. The lowest BCUT2D eigenvalue weighted by atomic mass is 10.2. The molecule has 2 heterocycles. The molecular formula is C18H19ClN4O4. The first kappa shape index (κ1) is 19.1. The molecule has 1 aromatic heterocycles. The number of amides is 1. The Hall–Kier alpha value is -2.71. The third kappa shape index (κ3) is 4.53. The van der Waals surface area contributed by atoms with Gasteiger partial charge in [-0.2, -0.15) is 0 Å². The summed E-state index contributed by atoms with van der Waals surface area (Å²) in [6.45, 7) is 4.31. The van der Waals surface area contributed by atoms with Crippen LogP contribution in [0.3, 0.4) is 0 Å². The standard InChI is InChI=1S/C18H19ClN4O4/c1-11-9-15(22-18(20-11)23-5-7-27-8-6-23)16(24)21-14-10-12(17(25)26-2)3-4-13(14)19/h3-4,9-10H,5-8H2,1-2H3,(H,21,24). The highest BCUT2D eigenvalue weighted by Crippen LogP contribution is 2.24. The molecule has 0 bridgehead atoms. The molecule has 1 aliphatic rings. The van der Waals surface area contributed by atoms with Crippen molar-refractivity contribution in [2.45, 2.75) is 6.92 Å². The molecule has 1 saturated heterocycles. The third-order valence-electron chi connectivity index (χ3n) is 4.00. The second kappa shape index (κ2) is 8.32. The zero-order valence-electron chi connectivity index (χ0n) is 15.0. The number of nitrogens with one attached hydrogen (secondary N) is 1. The van der Waals surface area contributed by atoms with Gasteiger partial charge in [0, 0.05) is 18.8 Å². The van der Waals surface area contributed by atoms with Gasteiger partial charge in [-0.15, -0.1) is 0 Å². The highest BCUT2D eigenvalue weighted by molar-refractivity contribution is 6.34. The van der Waals surface area contributed by atoms with Gasteiger partial charge >= 0.3 is 5.97 Å². The van der Waals surface area contributed by atoms with E-state index in [0.29, 0.717) is 48.7 Å². The fourth-order valence-electron chi connectivity index (χ4n) is 2.63. The molecule has 1 amide bonds. The maximum absolute atomic E-state index is 12.7. The third-order valence-corrected chi connectivity index (χ3v) is 4.33. The van der Waals surface area contributed by atoms with Gasteiger partial charge in [0.1, 0.15) is 5.69 Å². The van der Waals surface area contributed by atoms with Crippen LogP contribution in [-0.4, -0.2) is 55.3 Å². The second-order valence-electron chi connectivity index (χ2n) is 5.93. The predicted octanol–water partition coefficient (Wildman–Crippen LogP) is 2.31. The number of anilines is 2. The molecule has 0 saturated carbocycles. The lowest BCUT2D eigenvalue weighted by Crippen LogP contribution is -2.37. The van der Waals surface area contributed by atoms with Gasteiger partial charge in [0.15, 0.2) is 0 Å². The summed E-state index contributed by atoms with van der Waals surface area (Å²) in [5, 5.41) is 2.99. The van der Waals surface area contributed by atoms with Crippen molar-refractivity contribution < 1.29 is 19.1 Å². The van der Waals surface area contributed by atoms with E-state index in [1.165, 1.54) is 25.3 Å². The van der Waals surface area contributed by atoms with E-state index in [2.05, 4.69) is 20.0 Å². The van der Waals surface area contributed by atoms with Gasteiger partial charge in [0.05, 0.1) is 36.6 Å². The lowest BCUT2D eigenvalue weighted by molar-refractivity contribution is 0.0600. The fourth-order valence-corrected chi connectivity index (χ4v) is 2.79.